The number of rotatable bonds is 5. The lowest BCUT2D eigenvalue weighted by Crippen LogP contribution is -2.46. The molecule has 0 spiro atoms. The van der Waals surface area contributed by atoms with Crippen molar-refractivity contribution < 1.29 is 9.53 Å². The van der Waals surface area contributed by atoms with Crippen LogP contribution in [0.3, 0.4) is 0 Å². The number of piperidine rings is 1. The van der Waals surface area contributed by atoms with E-state index in [1.54, 1.807) is 0 Å². The van der Waals surface area contributed by atoms with Crippen LogP contribution in [0.15, 0.2) is 24.3 Å². The number of hydrogen-bond donors (Lipinski definition) is 2. The summed E-state index contributed by atoms with van der Waals surface area (Å²) in [6.45, 7) is 1.49. The molecule has 4 nitrogen and oxygen atoms in total. The van der Waals surface area contributed by atoms with E-state index in [9.17, 15) is 4.79 Å². The minimum Gasteiger partial charge on any atom is -0.490 e. The molecule has 2 aliphatic rings. The third-order valence-electron chi connectivity index (χ3n) is 4.65. The molecule has 2 fully saturated rings. The molecule has 1 aliphatic carbocycles. The molecule has 128 valence electrons. The van der Waals surface area contributed by atoms with Gasteiger partial charge < -0.3 is 15.4 Å². The number of para-hydroxylation sites is 1. The van der Waals surface area contributed by atoms with Crippen LogP contribution < -0.4 is 15.4 Å². The van der Waals surface area contributed by atoms with Crippen molar-refractivity contribution in [3.05, 3.63) is 29.8 Å². The summed E-state index contributed by atoms with van der Waals surface area (Å²) in [7, 11) is 0. The van der Waals surface area contributed by atoms with Crippen molar-refractivity contribution in [2.45, 2.75) is 63.6 Å². The first-order chi connectivity index (χ1) is 10.8. The number of nitrogens with one attached hydrogen (secondary N) is 2. The van der Waals surface area contributed by atoms with Crippen molar-refractivity contribution in [3.8, 4) is 5.75 Å². The Morgan fingerprint density at radius 2 is 1.87 bits per heavy atom. The molecule has 1 aromatic carbocycles. The van der Waals surface area contributed by atoms with Crippen LogP contribution >= 0.6 is 12.4 Å². The highest BCUT2D eigenvalue weighted by atomic mass is 35.5. The molecule has 1 amide bonds. The highest BCUT2D eigenvalue weighted by molar-refractivity contribution is 5.85. The van der Waals surface area contributed by atoms with E-state index in [1.165, 1.54) is 19.3 Å². The number of carbonyl (C=O) groups excluding carboxylic acids is 1. The van der Waals surface area contributed by atoms with Crippen LogP contribution in [0, 0.1) is 0 Å². The normalized spacial score (nSPS) is 21.5. The zero-order valence-corrected chi connectivity index (χ0v) is 14.4. The Bertz CT molecular complexity index is 498. The quantitative estimate of drug-likeness (QED) is 0.867. The van der Waals surface area contributed by atoms with E-state index in [0.717, 1.165) is 43.5 Å². The second kappa shape index (κ2) is 9.14. The minimum atomic E-state index is -0.0309. The van der Waals surface area contributed by atoms with Crippen molar-refractivity contribution in [2.75, 3.05) is 6.54 Å². The van der Waals surface area contributed by atoms with Gasteiger partial charge in [0.2, 0.25) is 5.91 Å². The third-order valence-corrected chi connectivity index (χ3v) is 4.65. The fraction of sp³-hybridized carbons (Fsp3) is 0.611. The van der Waals surface area contributed by atoms with Gasteiger partial charge in [-0.2, -0.15) is 0 Å². The maximum atomic E-state index is 12.2. The summed E-state index contributed by atoms with van der Waals surface area (Å²) in [6.07, 6.45) is 8.39. The second-order valence-electron chi connectivity index (χ2n) is 6.35. The Balaban J connectivity index is 0.00000192. The molecule has 0 bridgehead atoms. The summed E-state index contributed by atoms with van der Waals surface area (Å²) in [6, 6.07) is 8.02. The van der Waals surface area contributed by atoms with E-state index >= 15 is 0 Å². The molecule has 1 unspecified atom stereocenters. The number of halogens is 1. The Morgan fingerprint density at radius 3 is 2.61 bits per heavy atom. The Hall–Kier alpha value is -1.26. The number of amides is 1. The minimum absolute atomic E-state index is 0. The van der Waals surface area contributed by atoms with Crippen molar-refractivity contribution in [1.29, 1.82) is 0 Å². The van der Waals surface area contributed by atoms with Crippen LogP contribution in [-0.4, -0.2) is 24.6 Å². The summed E-state index contributed by atoms with van der Waals surface area (Å²) >= 11 is 0. The largest absolute Gasteiger partial charge is 0.490 e. The van der Waals surface area contributed by atoms with Gasteiger partial charge in [-0.25, -0.2) is 0 Å². The lowest BCUT2D eigenvalue weighted by atomic mass is 10.0. The van der Waals surface area contributed by atoms with Gasteiger partial charge in [0.15, 0.2) is 0 Å². The van der Waals surface area contributed by atoms with Gasteiger partial charge in [-0.15, -0.1) is 12.4 Å². The molecule has 1 aromatic rings. The molecule has 5 heteroatoms. The first-order valence-corrected chi connectivity index (χ1v) is 8.58. The molecular weight excluding hydrogens is 312 g/mol. The van der Waals surface area contributed by atoms with Gasteiger partial charge in [0.05, 0.1) is 12.1 Å². The van der Waals surface area contributed by atoms with Gasteiger partial charge >= 0.3 is 0 Å². The smallest absolute Gasteiger partial charge is 0.237 e. The Labute approximate surface area is 144 Å². The van der Waals surface area contributed by atoms with Gasteiger partial charge in [0.25, 0.3) is 0 Å². The van der Waals surface area contributed by atoms with Crippen molar-refractivity contribution in [2.24, 2.45) is 0 Å². The molecule has 0 aromatic heterocycles. The monoisotopic (exact) mass is 338 g/mol. The Kier molecular flexibility index (Phi) is 7.18. The van der Waals surface area contributed by atoms with Gasteiger partial charge in [-0.3, -0.25) is 4.79 Å². The van der Waals surface area contributed by atoms with Gasteiger partial charge in [-0.05, 0) is 51.1 Å². The summed E-state index contributed by atoms with van der Waals surface area (Å²) in [5, 5.41) is 6.34. The third kappa shape index (κ3) is 5.11. The summed E-state index contributed by atoms with van der Waals surface area (Å²) < 4.78 is 6.12. The molecule has 1 saturated carbocycles. The summed E-state index contributed by atoms with van der Waals surface area (Å²) in [5.41, 5.74) is 1.07. The first kappa shape index (κ1) is 18.1. The lowest BCUT2D eigenvalue weighted by molar-refractivity contribution is -0.123. The summed E-state index contributed by atoms with van der Waals surface area (Å²) in [4.78, 5) is 12.2. The van der Waals surface area contributed by atoms with Crippen LogP contribution in [0.1, 0.15) is 50.5 Å². The molecule has 2 N–H and O–H groups in total. The molecule has 1 heterocycles. The summed E-state index contributed by atoms with van der Waals surface area (Å²) in [5.74, 6) is 1.03. The average molecular weight is 339 g/mol. The fourth-order valence-corrected chi connectivity index (χ4v) is 3.33. The van der Waals surface area contributed by atoms with Crippen molar-refractivity contribution >= 4 is 18.3 Å². The second-order valence-corrected chi connectivity index (χ2v) is 6.35. The predicted octanol–water partition coefficient (Wildman–Crippen LogP) is 3.19. The standard InChI is InChI=1S/C18H26N2O2.ClH/c21-18(16-10-5-6-12-19-16)20-13-14-7-1-4-11-17(14)22-15-8-2-3-9-15;/h1,4,7,11,15-16,19H,2-3,5-6,8-10,12-13H2,(H,20,21);1H. The van der Waals surface area contributed by atoms with E-state index in [-0.39, 0.29) is 24.4 Å². The number of benzene rings is 1. The first-order valence-electron chi connectivity index (χ1n) is 8.58. The van der Waals surface area contributed by atoms with Crippen LogP contribution in [0.25, 0.3) is 0 Å². The topological polar surface area (TPSA) is 50.4 Å². The maximum Gasteiger partial charge on any atom is 0.237 e. The van der Waals surface area contributed by atoms with E-state index in [1.807, 2.05) is 24.3 Å². The molecule has 3 rings (SSSR count). The van der Waals surface area contributed by atoms with E-state index < -0.39 is 0 Å². The van der Waals surface area contributed by atoms with E-state index in [2.05, 4.69) is 10.6 Å². The van der Waals surface area contributed by atoms with Crippen LogP contribution in [0.5, 0.6) is 5.75 Å². The lowest BCUT2D eigenvalue weighted by Gasteiger charge is -2.23. The molecular formula is C18H27ClN2O2. The Morgan fingerprint density at radius 1 is 1.13 bits per heavy atom. The zero-order chi connectivity index (χ0) is 15.2. The van der Waals surface area contributed by atoms with Crippen molar-refractivity contribution in [1.82, 2.24) is 10.6 Å². The average Bonchev–Trinajstić information content (AvgIpc) is 3.07. The molecule has 1 saturated heterocycles. The van der Waals surface area contributed by atoms with Crippen molar-refractivity contribution in [3.63, 3.8) is 0 Å². The number of hydrogen-bond acceptors (Lipinski definition) is 3. The molecule has 0 radical (unpaired) electrons. The van der Waals surface area contributed by atoms with Gasteiger partial charge in [-0.1, -0.05) is 24.6 Å². The fourth-order valence-electron chi connectivity index (χ4n) is 3.33. The highest BCUT2D eigenvalue weighted by Gasteiger charge is 2.21. The molecule has 23 heavy (non-hydrogen) atoms. The molecule has 1 aliphatic heterocycles. The van der Waals surface area contributed by atoms with E-state index in [0.29, 0.717) is 12.6 Å². The predicted molar refractivity (Wildman–Crippen MR) is 94.1 cm³/mol. The maximum absolute atomic E-state index is 12.2. The highest BCUT2D eigenvalue weighted by Crippen LogP contribution is 2.26. The van der Waals surface area contributed by atoms with Gasteiger partial charge in [0.1, 0.15) is 5.75 Å². The van der Waals surface area contributed by atoms with Crippen LogP contribution in [0.2, 0.25) is 0 Å². The van der Waals surface area contributed by atoms with E-state index in [4.69, 9.17) is 4.74 Å². The number of carbonyl (C=O) groups is 1. The number of ether oxygens (including phenoxy) is 1. The zero-order valence-electron chi connectivity index (χ0n) is 13.6. The van der Waals surface area contributed by atoms with Crippen LogP contribution in [-0.2, 0) is 11.3 Å². The van der Waals surface area contributed by atoms with Gasteiger partial charge in [0, 0.05) is 12.1 Å². The SMILES string of the molecule is Cl.O=C(NCc1ccccc1OC1CCCC1)C1CCCCN1. The molecule has 1 atom stereocenters. The van der Waals surface area contributed by atoms with Crippen LogP contribution in [0.4, 0.5) is 0 Å².